The predicted molar refractivity (Wildman–Crippen MR) is 66.3 cm³/mol. The van der Waals surface area contributed by atoms with Gasteiger partial charge in [-0.15, -0.1) is 5.10 Å². The molecule has 0 aromatic carbocycles. The van der Waals surface area contributed by atoms with Crippen molar-refractivity contribution in [3.05, 3.63) is 30.2 Å². The van der Waals surface area contributed by atoms with E-state index in [0.29, 0.717) is 19.0 Å². The van der Waals surface area contributed by atoms with Crippen LogP contribution >= 0.6 is 0 Å². The third-order valence-electron chi connectivity index (χ3n) is 2.37. The first-order valence-corrected chi connectivity index (χ1v) is 5.56. The molecule has 0 saturated carbocycles. The Labute approximate surface area is 109 Å². The van der Waals surface area contributed by atoms with Crippen molar-refractivity contribution in [3.8, 4) is 5.88 Å². The molecule has 8 heteroatoms. The van der Waals surface area contributed by atoms with Gasteiger partial charge in [-0.3, -0.25) is 0 Å². The van der Waals surface area contributed by atoms with E-state index in [4.69, 9.17) is 9.84 Å². The number of carboxylic acid groups (broad SMARTS) is 1. The number of carbonyl (C=O) groups is 1. The molecule has 8 nitrogen and oxygen atoms in total. The zero-order chi connectivity index (χ0) is 13.7. The number of hydrogen-bond donors (Lipinski definition) is 2. The Morgan fingerprint density at radius 3 is 3.11 bits per heavy atom. The molecule has 0 aliphatic carbocycles. The second kappa shape index (κ2) is 5.80. The van der Waals surface area contributed by atoms with E-state index in [2.05, 4.69) is 20.6 Å². The smallest absolute Gasteiger partial charge is 0.358 e. The Hall–Kier alpha value is -2.64. The van der Waals surface area contributed by atoms with Crippen molar-refractivity contribution < 1.29 is 14.6 Å². The maximum atomic E-state index is 10.6. The van der Waals surface area contributed by atoms with Crippen LogP contribution in [-0.2, 0) is 6.54 Å². The number of aromatic nitrogens is 4. The van der Waals surface area contributed by atoms with Gasteiger partial charge in [0.15, 0.2) is 5.69 Å². The lowest BCUT2D eigenvalue weighted by Gasteiger charge is -2.06. The van der Waals surface area contributed by atoms with Crippen LogP contribution in [0.3, 0.4) is 0 Å². The van der Waals surface area contributed by atoms with Gasteiger partial charge in [-0.05, 0) is 6.07 Å². The minimum Gasteiger partial charge on any atom is -0.481 e. The Balaban J connectivity index is 1.86. The molecule has 0 saturated heterocycles. The van der Waals surface area contributed by atoms with Gasteiger partial charge in [-0.1, -0.05) is 5.21 Å². The van der Waals surface area contributed by atoms with Gasteiger partial charge in [0.05, 0.1) is 19.9 Å². The molecule has 100 valence electrons. The monoisotopic (exact) mass is 263 g/mol. The van der Waals surface area contributed by atoms with E-state index in [1.165, 1.54) is 10.9 Å². The van der Waals surface area contributed by atoms with Crippen LogP contribution in [0.2, 0.25) is 0 Å². The number of methoxy groups -OCH3 is 1. The molecular weight excluding hydrogens is 250 g/mol. The maximum Gasteiger partial charge on any atom is 0.358 e. The van der Waals surface area contributed by atoms with Crippen molar-refractivity contribution in [2.45, 2.75) is 6.54 Å². The number of nitrogens with zero attached hydrogens (tertiary/aromatic N) is 4. The number of nitrogens with one attached hydrogen (secondary N) is 1. The number of pyridine rings is 1. The predicted octanol–water partition coefficient (Wildman–Crippen LogP) is 0.492. The number of hydrogen-bond acceptors (Lipinski definition) is 6. The Morgan fingerprint density at radius 1 is 1.58 bits per heavy atom. The summed E-state index contributed by atoms with van der Waals surface area (Å²) >= 11 is 0. The maximum absolute atomic E-state index is 10.6. The van der Waals surface area contributed by atoms with Crippen molar-refractivity contribution in [2.75, 3.05) is 19.0 Å². The summed E-state index contributed by atoms with van der Waals surface area (Å²) < 4.78 is 6.47. The normalized spacial score (nSPS) is 10.2. The summed E-state index contributed by atoms with van der Waals surface area (Å²) in [6.07, 6.45) is 3.02. The number of ether oxygens (including phenoxy) is 1. The Kier molecular flexibility index (Phi) is 3.91. The van der Waals surface area contributed by atoms with E-state index >= 15 is 0 Å². The molecule has 0 amide bonds. The highest BCUT2D eigenvalue weighted by Crippen LogP contribution is 2.12. The summed E-state index contributed by atoms with van der Waals surface area (Å²) in [7, 11) is 1.55. The lowest BCUT2D eigenvalue weighted by atomic mass is 10.4. The third-order valence-corrected chi connectivity index (χ3v) is 2.37. The summed E-state index contributed by atoms with van der Waals surface area (Å²) in [5, 5.41) is 19.1. The van der Waals surface area contributed by atoms with Crippen molar-refractivity contribution >= 4 is 11.7 Å². The van der Waals surface area contributed by atoms with Gasteiger partial charge in [0.1, 0.15) is 0 Å². The van der Waals surface area contributed by atoms with Gasteiger partial charge in [-0.25, -0.2) is 14.5 Å². The van der Waals surface area contributed by atoms with Crippen LogP contribution in [0.4, 0.5) is 5.69 Å². The molecule has 2 heterocycles. The van der Waals surface area contributed by atoms with E-state index in [9.17, 15) is 4.79 Å². The molecule has 2 aromatic rings. The summed E-state index contributed by atoms with van der Waals surface area (Å²) in [5.41, 5.74) is 0.802. The third kappa shape index (κ3) is 3.41. The van der Waals surface area contributed by atoms with Crippen LogP contribution in [-0.4, -0.2) is 44.7 Å². The molecule has 0 aliphatic rings. The largest absolute Gasteiger partial charge is 0.481 e. The number of carboxylic acids is 1. The van der Waals surface area contributed by atoms with Crippen molar-refractivity contribution in [3.63, 3.8) is 0 Å². The van der Waals surface area contributed by atoms with Gasteiger partial charge in [0, 0.05) is 24.5 Å². The van der Waals surface area contributed by atoms with Gasteiger partial charge < -0.3 is 15.2 Å². The number of anilines is 1. The average Bonchev–Trinajstić information content (AvgIpc) is 2.88. The van der Waals surface area contributed by atoms with E-state index in [1.807, 2.05) is 6.07 Å². The van der Waals surface area contributed by atoms with E-state index in [-0.39, 0.29) is 5.69 Å². The zero-order valence-electron chi connectivity index (χ0n) is 10.3. The van der Waals surface area contributed by atoms with E-state index in [1.54, 1.807) is 19.4 Å². The van der Waals surface area contributed by atoms with Crippen molar-refractivity contribution in [2.24, 2.45) is 0 Å². The van der Waals surface area contributed by atoms with E-state index < -0.39 is 5.97 Å². The Morgan fingerprint density at radius 2 is 2.42 bits per heavy atom. The van der Waals surface area contributed by atoms with Gasteiger partial charge in [-0.2, -0.15) is 0 Å². The van der Waals surface area contributed by atoms with Crippen molar-refractivity contribution in [1.29, 1.82) is 0 Å². The molecule has 0 radical (unpaired) electrons. The van der Waals surface area contributed by atoms with Crippen LogP contribution in [0.1, 0.15) is 10.5 Å². The van der Waals surface area contributed by atoms with Crippen molar-refractivity contribution in [1.82, 2.24) is 20.0 Å². The van der Waals surface area contributed by atoms with E-state index in [0.717, 1.165) is 5.69 Å². The fourth-order valence-electron chi connectivity index (χ4n) is 1.45. The molecule has 2 aromatic heterocycles. The molecule has 0 fully saturated rings. The van der Waals surface area contributed by atoms with Crippen LogP contribution in [0.5, 0.6) is 5.88 Å². The fraction of sp³-hybridized carbons (Fsp3) is 0.273. The number of aromatic carboxylic acids is 1. The zero-order valence-corrected chi connectivity index (χ0v) is 10.3. The second-order valence-electron chi connectivity index (χ2n) is 3.69. The van der Waals surface area contributed by atoms with Crippen LogP contribution in [0.25, 0.3) is 0 Å². The molecule has 0 spiro atoms. The first-order chi connectivity index (χ1) is 9.19. The molecule has 0 atom stereocenters. The molecule has 0 bridgehead atoms. The highest BCUT2D eigenvalue weighted by molar-refractivity contribution is 5.84. The lowest BCUT2D eigenvalue weighted by Crippen LogP contribution is -2.11. The summed E-state index contributed by atoms with van der Waals surface area (Å²) in [4.78, 5) is 14.6. The quantitative estimate of drug-likeness (QED) is 0.781. The first-order valence-electron chi connectivity index (χ1n) is 5.56. The average molecular weight is 263 g/mol. The van der Waals surface area contributed by atoms with Gasteiger partial charge in [0.25, 0.3) is 0 Å². The molecule has 0 aliphatic heterocycles. The van der Waals surface area contributed by atoms with Crippen LogP contribution in [0.15, 0.2) is 24.5 Å². The van der Waals surface area contributed by atoms with Gasteiger partial charge >= 0.3 is 5.97 Å². The summed E-state index contributed by atoms with van der Waals surface area (Å²) in [6.45, 7) is 1.08. The topological polar surface area (TPSA) is 102 Å². The molecule has 0 unspecified atom stereocenters. The lowest BCUT2D eigenvalue weighted by molar-refractivity contribution is 0.0690. The van der Waals surface area contributed by atoms with Crippen LogP contribution < -0.4 is 10.1 Å². The van der Waals surface area contributed by atoms with Crippen LogP contribution in [0, 0.1) is 0 Å². The molecule has 2 N–H and O–H groups in total. The molecule has 19 heavy (non-hydrogen) atoms. The first kappa shape index (κ1) is 12.8. The van der Waals surface area contributed by atoms with Gasteiger partial charge in [0.2, 0.25) is 5.88 Å². The molecular formula is C11H13N5O3. The minimum absolute atomic E-state index is 0.0643. The standard InChI is InChI=1S/C11H13N5O3/c1-19-10-6-8(2-3-13-10)12-4-5-16-7-9(11(17)18)14-15-16/h2-3,6-7H,4-5H2,1H3,(H,12,13)(H,17,18). The second-order valence-corrected chi connectivity index (χ2v) is 3.69. The SMILES string of the molecule is COc1cc(NCCn2cc(C(=O)O)nn2)ccn1. The number of rotatable bonds is 6. The highest BCUT2D eigenvalue weighted by atomic mass is 16.5. The summed E-state index contributed by atoms with van der Waals surface area (Å²) in [5.74, 6) is -0.558. The minimum atomic E-state index is -1.09. The summed E-state index contributed by atoms with van der Waals surface area (Å²) in [6, 6.07) is 3.58. The fourth-order valence-corrected chi connectivity index (χ4v) is 1.45. The highest BCUT2D eigenvalue weighted by Gasteiger charge is 2.07. The Bertz CT molecular complexity index is 569. The molecule has 2 rings (SSSR count).